The standard InChI is InChI=1S/C13H19N5/c1-5-14-11-8-12(16-13(15-11)9(2)3)18-7-6-10(4)17-18/h6-9H,5H2,1-4H3,(H,14,15,16). The summed E-state index contributed by atoms with van der Waals surface area (Å²) in [6.45, 7) is 9.03. The molecule has 5 heteroatoms. The first-order valence-corrected chi connectivity index (χ1v) is 6.25. The van der Waals surface area contributed by atoms with Crippen LogP contribution in [0.5, 0.6) is 0 Å². The molecule has 0 saturated heterocycles. The number of rotatable bonds is 4. The number of hydrogen-bond donors (Lipinski definition) is 1. The quantitative estimate of drug-likeness (QED) is 0.899. The van der Waals surface area contributed by atoms with Gasteiger partial charge in [0.25, 0.3) is 0 Å². The molecule has 2 heterocycles. The Morgan fingerprint density at radius 3 is 2.67 bits per heavy atom. The molecule has 0 amide bonds. The molecule has 2 rings (SSSR count). The summed E-state index contributed by atoms with van der Waals surface area (Å²) >= 11 is 0. The largest absolute Gasteiger partial charge is 0.370 e. The summed E-state index contributed by atoms with van der Waals surface area (Å²) in [5.74, 6) is 2.77. The number of aryl methyl sites for hydroxylation is 1. The van der Waals surface area contributed by atoms with E-state index in [9.17, 15) is 0 Å². The van der Waals surface area contributed by atoms with E-state index in [2.05, 4.69) is 41.2 Å². The summed E-state index contributed by atoms with van der Waals surface area (Å²) in [6.07, 6.45) is 1.91. The second-order valence-electron chi connectivity index (χ2n) is 4.56. The van der Waals surface area contributed by atoms with Crippen molar-refractivity contribution < 1.29 is 0 Å². The third-order valence-electron chi connectivity index (χ3n) is 2.56. The first-order chi connectivity index (χ1) is 8.60. The van der Waals surface area contributed by atoms with Gasteiger partial charge >= 0.3 is 0 Å². The van der Waals surface area contributed by atoms with Crippen LogP contribution >= 0.6 is 0 Å². The van der Waals surface area contributed by atoms with Crippen molar-refractivity contribution in [3.63, 3.8) is 0 Å². The normalized spacial score (nSPS) is 10.9. The van der Waals surface area contributed by atoms with Crippen LogP contribution < -0.4 is 5.32 Å². The zero-order chi connectivity index (χ0) is 13.1. The first kappa shape index (κ1) is 12.5. The van der Waals surface area contributed by atoms with Gasteiger partial charge < -0.3 is 5.32 Å². The molecule has 0 aromatic carbocycles. The average molecular weight is 245 g/mol. The lowest BCUT2D eigenvalue weighted by molar-refractivity contribution is 0.744. The number of anilines is 1. The van der Waals surface area contributed by atoms with E-state index in [1.54, 1.807) is 4.68 Å². The van der Waals surface area contributed by atoms with Gasteiger partial charge in [0.15, 0.2) is 5.82 Å². The Bertz CT molecular complexity index is 530. The van der Waals surface area contributed by atoms with Crippen LogP contribution in [0, 0.1) is 6.92 Å². The summed E-state index contributed by atoms with van der Waals surface area (Å²) in [7, 11) is 0. The van der Waals surface area contributed by atoms with Gasteiger partial charge in [-0.05, 0) is 19.9 Å². The van der Waals surface area contributed by atoms with Crippen LogP contribution in [0.4, 0.5) is 5.82 Å². The highest BCUT2D eigenvalue weighted by Gasteiger charge is 2.09. The second kappa shape index (κ2) is 5.16. The molecule has 2 aromatic rings. The Hall–Kier alpha value is -1.91. The van der Waals surface area contributed by atoms with Gasteiger partial charge in [0, 0.05) is 24.7 Å². The van der Waals surface area contributed by atoms with E-state index in [1.807, 2.05) is 25.3 Å². The van der Waals surface area contributed by atoms with Gasteiger partial charge in [-0.3, -0.25) is 0 Å². The topological polar surface area (TPSA) is 55.6 Å². The van der Waals surface area contributed by atoms with Gasteiger partial charge in [-0.1, -0.05) is 13.8 Å². The second-order valence-corrected chi connectivity index (χ2v) is 4.56. The highest BCUT2D eigenvalue weighted by molar-refractivity contribution is 5.41. The van der Waals surface area contributed by atoms with Crippen molar-refractivity contribution in [2.24, 2.45) is 0 Å². The van der Waals surface area contributed by atoms with Crippen molar-refractivity contribution in [3.8, 4) is 5.82 Å². The van der Waals surface area contributed by atoms with Crippen LogP contribution in [0.2, 0.25) is 0 Å². The van der Waals surface area contributed by atoms with E-state index < -0.39 is 0 Å². The van der Waals surface area contributed by atoms with E-state index in [4.69, 9.17) is 0 Å². The molecule has 0 atom stereocenters. The zero-order valence-electron chi connectivity index (χ0n) is 11.3. The van der Waals surface area contributed by atoms with Crippen LogP contribution in [0.1, 0.15) is 38.2 Å². The third kappa shape index (κ3) is 2.67. The lowest BCUT2D eigenvalue weighted by Crippen LogP contribution is -2.09. The van der Waals surface area contributed by atoms with Crippen molar-refractivity contribution in [2.75, 3.05) is 11.9 Å². The van der Waals surface area contributed by atoms with Gasteiger partial charge in [-0.2, -0.15) is 5.10 Å². The molecular formula is C13H19N5. The maximum absolute atomic E-state index is 4.55. The van der Waals surface area contributed by atoms with E-state index in [-0.39, 0.29) is 0 Å². The zero-order valence-corrected chi connectivity index (χ0v) is 11.3. The Morgan fingerprint density at radius 1 is 1.33 bits per heavy atom. The van der Waals surface area contributed by atoms with Crippen molar-refractivity contribution >= 4 is 5.82 Å². The molecule has 0 fully saturated rings. The molecular weight excluding hydrogens is 226 g/mol. The van der Waals surface area contributed by atoms with Gasteiger partial charge in [0.1, 0.15) is 11.6 Å². The molecule has 0 saturated carbocycles. The number of nitrogens with one attached hydrogen (secondary N) is 1. The fourth-order valence-electron chi connectivity index (χ4n) is 1.64. The molecule has 0 unspecified atom stereocenters. The molecule has 0 spiro atoms. The third-order valence-corrected chi connectivity index (χ3v) is 2.56. The fraction of sp³-hybridized carbons (Fsp3) is 0.462. The maximum atomic E-state index is 4.55. The predicted molar refractivity (Wildman–Crippen MR) is 72.1 cm³/mol. The van der Waals surface area contributed by atoms with Crippen molar-refractivity contribution in [1.29, 1.82) is 0 Å². The molecule has 0 radical (unpaired) electrons. The minimum Gasteiger partial charge on any atom is -0.370 e. The smallest absolute Gasteiger partial charge is 0.159 e. The summed E-state index contributed by atoms with van der Waals surface area (Å²) in [5.41, 5.74) is 0.977. The van der Waals surface area contributed by atoms with E-state index >= 15 is 0 Å². The number of hydrogen-bond acceptors (Lipinski definition) is 4. The predicted octanol–water partition coefficient (Wildman–Crippen LogP) is 2.53. The van der Waals surface area contributed by atoms with Gasteiger partial charge in [-0.25, -0.2) is 14.6 Å². The van der Waals surface area contributed by atoms with Crippen LogP contribution in [-0.4, -0.2) is 26.3 Å². The van der Waals surface area contributed by atoms with Crippen LogP contribution in [0.3, 0.4) is 0 Å². The van der Waals surface area contributed by atoms with E-state index in [0.29, 0.717) is 5.92 Å². The molecule has 96 valence electrons. The van der Waals surface area contributed by atoms with Crippen LogP contribution in [0.25, 0.3) is 5.82 Å². The summed E-state index contributed by atoms with van der Waals surface area (Å²) < 4.78 is 1.78. The Balaban J connectivity index is 2.45. The molecule has 0 aliphatic carbocycles. The van der Waals surface area contributed by atoms with Crippen molar-refractivity contribution in [1.82, 2.24) is 19.7 Å². The van der Waals surface area contributed by atoms with Crippen molar-refractivity contribution in [3.05, 3.63) is 29.8 Å². The minimum absolute atomic E-state index is 0.291. The average Bonchev–Trinajstić information content (AvgIpc) is 2.76. The molecule has 0 aliphatic rings. The summed E-state index contributed by atoms with van der Waals surface area (Å²) in [6, 6.07) is 3.88. The van der Waals surface area contributed by atoms with Crippen LogP contribution in [-0.2, 0) is 0 Å². The van der Waals surface area contributed by atoms with E-state index in [0.717, 1.165) is 29.7 Å². The molecule has 18 heavy (non-hydrogen) atoms. The highest BCUT2D eigenvalue weighted by Crippen LogP contribution is 2.16. The summed E-state index contributed by atoms with van der Waals surface area (Å²) in [5, 5.41) is 7.61. The van der Waals surface area contributed by atoms with E-state index in [1.165, 1.54) is 0 Å². The Kier molecular flexibility index (Phi) is 3.60. The molecule has 1 N–H and O–H groups in total. The van der Waals surface area contributed by atoms with Gasteiger partial charge in [0.05, 0.1) is 5.69 Å². The van der Waals surface area contributed by atoms with Gasteiger partial charge in [0.2, 0.25) is 0 Å². The first-order valence-electron chi connectivity index (χ1n) is 6.25. The molecule has 0 aliphatic heterocycles. The molecule has 0 bridgehead atoms. The minimum atomic E-state index is 0.291. The Morgan fingerprint density at radius 2 is 2.11 bits per heavy atom. The maximum Gasteiger partial charge on any atom is 0.159 e. The van der Waals surface area contributed by atoms with Crippen molar-refractivity contribution in [2.45, 2.75) is 33.6 Å². The molecule has 2 aromatic heterocycles. The lowest BCUT2D eigenvalue weighted by atomic mass is 10.2. The SMILES string of the molecule is CCNc1cc(-n2ccc(C)n2)nc(C(C)C)n1. The van der Waals surface area contributed by atoms with Gasteiger partial charge in [-0.15, -0.1) is 0 Å². The lowest BCUT2D eigenvalue weighted by Gasteiger charge is -2.10. The fourth-order valence-corrected chi connectivity index (χ4v) is 1.64. The summed E-state index contributed by atoms with van der Waals surface area (Å²) in [4.78, 5) is 9.04. The number of aromatic nitrogens is 4. The number of nitrogens with zero attached hydrogens (tertiary/aromatic N) is 4. The highest BCUT2D eigenvalue weighted by atomic mass is 15.3. The Labute approximate surface area is 107 Å². The monoisotopic (exact) mass is 245 g/mol. The van der Waals surface area contributed by atoms with Crippen LogP contribution in [0.15, 0.2) is 18.3 Å². The molecule has 5 nitrogen and oxygen atoms in total.